The van der Waals surface area contributed by atoms with Crippen LogP contribution in [0.15, 0.2) is 30.6 Å². The van der Waals surface area contributed by atoms with Gasteiger partial charge in [-0.3, -0.25) is 10.2 Å². The van der Waals surface area contributed by atoms with Crippen molar-refractivity contribution in [1.29, 1.82) is 5.41 Å². The Morgan fingerprint density at radius 3 is 2.62 bits per heavy atom. The number of nitrogens with zero attached hydrogens (tertiary/aromatic N) is 3. The van der Waals surface area contributed by atoms with E-state index in [-0.39, 0.29) is 10.9 Å². The van der Waals surface area contributed by atoms with E-state index in [4.69, 9.17) is 31.5 Å². The van der Waals surface area contributed by atoms with E-state index in [0.717, 1.165) is 27.5 Å². The fraction of sp³-hybridized carbons (Fsp3) is 0.320. The summed E-state index contributed by atoms with van der Waals surface area (Å²) in [7, 11) is 3.19. The lowest BCUT2D eigenvalue weighted by atomic mass is 10.0. The molecule has 0 spiro atoms. The topological polar surface area (TPSA) is 94.2 Å². The summed E-state index contributed by atoms with van der Waals surface area (Å²) in [5.74, 6) is 0.200. The van der Waals surface area contributed by atoms with Gasteiger partial charge in [-0.25, -0.2) is 4.98 Å². The van der Waals surface area contributed by atoms with E-state index >= 15 is 0 Å². The zero-order chi connectivity index (χ0) is 24.6. The second-order valence-corrected chi connectivity index (χ2v) is 8.39. The maximum absolute atomic E-state index is 12.7. The van der Waals surface area contributed by atoms with Crippen molar-refractivity contribution >= 4 is 39.4 Å². The second-order valence-electron chi connectivity index (χ2n) is 8.01. The zero-order valence-electron chi connectivity index (χ0n) is 20.0. The molecule has 1 amide bonds. The van der Waals surface area contributed by atoms with Crippen molar-refractivity contribution in [3.8, 4) is 16.9 Å². The molecule has 34 heavy (non-hydrogen) atoms. The van der Waals surface area contributed by atoms with Gasteiger partial charge in [0.05, 0.1) is 23.2 Å². The summed E-state index contributed by atoms with van der Waals surface area (Å²) in [5, 5.41) is 14.0. The van der Waals surface area contributed by atoms with Crippen LogP contribution in [0.3, 0.4) is 0 Å². The summed E-state index contributed by atoms with van der Waals surface area (Å²) in [6.07, 6.45) is 3.81. The van der Waals surface area contributed by atoms with Gasteiger partial charge in [0.2, 0.25) is 0 Å². The molecule has 178 valence electrons. The number of pyridine rings is 2. The molecule has 2 N–H and O–H groups in total. The van der Waals surface area contributed by atoms with Gasteiger partial charge in [0.25, 0.3) is 5.91 Å². The molecule has 0 saturated heterocycles. The van der Waals surface area contributed by atoms with Gasteiger partial charge in [-0.2, -0.15) is 0 Å². The Bertz CT molecular complexity index is 1470. The molecule has 0 unspecified atom stereocenters. The van der Waals surface area contributed by atoms with Gasteiger partial charge < -0.3 is 23.9 Å². The van der Waals surface area contributed by atoms with Crippen molar-refractivity contribution in [2.75, 3.05) is 20.8 Å². The Morgan fingerprint density at radius 2 is 1.97 bits per heavy atom. The molecule has 0 radical (unpaired) electrons. The lowest BCUT2D eigenvalue weighted by Gasteiger charge is -2.17. The summed E-state index contributed by atoms with van der Waals surface area (Å²) >= 11 is 6.74. The molecule has 9 heteroatoms. The van der Waals surface area contributed by atoms with E-state index in [1.54, 1.807) is 25.4 Å². The Hall–Kier alpha value is -3.36. The molecular weight excluding hydrogens is 454 g/mol. The minimum atomic E-state index is -0.290. The number of benzene rings is 1. The zero-order valence-corrected chi connectivity index (χ0v) is 20.7. The SMILES string of the molecule is CCNC(=O)c1cc(OC)cc(-c2cc3cnc4c(c(C)cn4COC)c3n(CC)c2=N)c1Cl. The van der Waals surface area contributed by atoms with Crippen molar-refractivity contribution < 1.29 is 14.3 Å². The molecule has 4 rings (SSSR count). The van der Waals surface area contributed by atoms with Gasteiger partial charge in [-0.15, -0.1) is 0 Å². The van der Waals surface area contributed by atoms with E-state index in [1.807, 2.05) is 42.2 Å². The maximum atomic E-state index is 12.7. The molecule has 3 heterocycles. The van der Waals surface area contributed by atoms with Crippen LogP contribution >= 0.6 is 11.6 Å². The summed E-state index contributed by atoms with van der Waals surface area (Å²) in [6.45, 7) is 7.32. The summed E-state index contributed by atoms with van der Waals surface area (Å²) in [6, 6.07) is 5.28. The molecule has 3 aromatic heterocycles. The number of aryl methyl sites for hydroxylation is 2. The standard InChI is InChI=1S/C25H28ClN5O3/c1-6-28-25(32)19-10-16(34-5)9-17(21(19)26)18-8-15-11-29-24-20(14(3)12-30(24)13-33-4)22(15)31(7-2)23(18)27/h8-12,27H,6-7,13H2,1-5H3,(H,28,32). The van der Waals surface area contributed by atoms with Gasteiger partial charge in [0, 0.05) is 54.5 Å². The highest BCUT2D eigenvalue weighted by Gasteiger charge is 2.21. The lowest BCUT2D eigenvalue weighted by molar-refractivity contribution is 0.0955. The van der Waals surface area contributed by atoms with E-state index in [9.17, 15) is 4.79 Å². The summed E-state index contributed by atoms with van der Waals surface area (Å²) < 4.78 is 14.7. The molecule has 8 nitrogen and oxygen atoms in total. The average Bonchev–Trinajstić information content (AvgIpc) is 3.14. The van der Waals surface area contributed by atoms with Crippen LogP contribution in [0.1, 0.15) is 29.8 Å². The fourth-order valence-corrected chi connectivity index (χ4v) is 4.71. The van der Waals surface area contributed by atoms with Crippen molar-refractivity contribution in [3.63, 3.8) is 0 Å². The van der Waals surface area contributed by atoms with Crippen LogP contribution in [0.5, 0.6) is 5.75 Å². The smallest absolute Gasteiger partial charge is 0.252 e. The molecule has 0 aliphatic rings. The Kier molecular flexibility index (Phi) is 6.63. The first kappa shape index (κ1) is 23.8. The van der Waals surface area contributed by atoms with Crippen LogP contribution in [-0.2, 0) is 18.0 Å². The van der Waals surface area contributed by atoms with Crippen molar-refractivity contribution in [2.24, 2.45) is 0 Å². The maximum Gasteiger partial charge on any atom is 0.252 e. The van der Waals surface area contributed by atoms with Crippen LogP contribution in [0, 0.1) is 12.3 Å². The number of hydrogen-bond acceptors (Lipinski definition) is 5. The fourth-order valence-electron chi connectivity index (χ4n) is 4.42. The van der Waals surface area contributed by atoms with Crippen molar-refractivity contribution in [3.05, 3.63) is 52.2 Å². The minimum Gasteiger partial charge on any atom is -0.497 e. The number of fused-ring (bicyclic) bond motifs is 3. The number of methoxy groups -OCH3 is 2. The lowest BCUT2D eigenvalue weighted by Crippen LogP contribution is -2.24. The predicted molar refractivity (Wildman–Crippen MR) is 134 cm³/mol. The van der Waals surface area contributed by atoms with E-state index in [2.05, 4.69) is 5.32 Å². The summed E-state index contributed by atoms with van der Waals surface area (Å²) in [4.78, 5) is 17.4. The van der Waals surface area contributed by atoms with Gasteiger partial charge in [0.15, 0.2) is 0 Å². The quantitative estimate of drug-likeness (QED) is 0.407. The van der Waals surface area contributed by atoms with E-state index in [0.29, 0.717) is 47.7 Å². The highest BCUT2D eigenvalue weighted by atomic mass is 35.5. The first-order chi connectivity index (χ1) is 16.4. The van der Waals surface area contributed by atoms with Crippen LogP contribution in [0.2, 0.25) is 5.02 Å². The Labute approximate surface area is 202 Å². The highest BCUT2D eigenvalue weighted by molar-refractivity contribution is 6.36. The average molecular weight is 482 g/mol. The van der Waals surface area contributed by atoms with Gasteiger partial charge >= 0.3 is 0 Å². The number of amides is 1. The molecule has 0 aliphatic carbocycles. The number of carbonyl (C=O) groups excluding carboxylic acids is 1. The number of rotatable bonds is 7. The van der Waals surface area contributed by atoms with Crippen LogP contribution in [-0.4, -0.2) is 40.8 Å². The molecule has 0 aliphatic heterocycles. The minimum absolute atomic E-state index is 0.277. The third-order valence-electron chi connectivity index (χ3n) is 5.91. The third-order valence-corrected chi connectivity index (χ3v) is 6.32. The number of aromatic nitrogens is 3. The largest absolute Gasteiger partial charge is 0.497 e. The Morgan fingerprint density at radius 1 is 1.21 bits per heavy atom. The van der Waals surface area contributed by atoms with Gasteiger partial charge in [0.1, 0.15) is 23.6 Å². The monoisotopic (exact) mass is 481 g/mol. The highest BCUT2D eigenvalue weighted by Crippen LogP contribution is 2.36. The number of hydrogen-bond donors (Lipinski definition) is 2. The van der Waals surface area contributed by atoms with E-state index < -0.39 is 0 Å². The first-order valence-corrected chi connectivity index (χ1v) is 11.5. The Balaban J connectivity index is 2.06. The van der Waals surface area contributed by atoms with Crippen LogP contribution < -0.4 is 15.5 Å². The predicted octanol–water partition coefficient (Wildman–Crippen LogP) is 4.48. The van der Waals surface area contributed by atoms with Gasteiger partial charge in [-0.05, 0) is 44.5 Å². The van der Waals surface area contributed by atoms with Crippen LogP contribution in [0.4, 0.5) is 0 Å². The molecule has 1 aromatic carbocycles. The number of halogens is 1. The molecule has 0 atom stereocenters. The normalized spacial score (nSPS) is 11.4. The molecule has 4 aromatic rings. The molecular formula is C25H28ClN5O3. The van der Waals surface area contributed by atoms with Crippen molar-refractivity contribution in [2.45, 2.75) is 34.0 Å². The van der Waals surface area contributed by atoms with Crippen molar-refractivity contribution in [1.82, 2.24) is 19.4 Å². The second kappa shape index (κ2) is 9.48. The summed E-state index contributed by atoms with van der Waals surface area (Å²) in [5.41, 5.74) is 4.54. The van der Waals surface area contributed by atoms with Gasteiger partial charge in [-0.1, -0.05) is 11.6 Å². The van der Waals surface area contributed by atoms with Crippen LogP contribution in [0.25, 0.3) is 33.1 Å². The number of ether oxygens (including phenoxy) is 2. The number of nitrogens with one attached hydrogen (secondary N) is 2. The molecule has 0 bridgehead atoms. The molecule has 0 saturated carbocycles. The number of carbonyl (C=O) groups is 1. The van der Waals surface area contributed by atoms with E-state index in [1.165, 1.54) is 7.11 Å². The first-order valence-electron chi connectivity index (χ1n) is 11.1. The third kappa shape index (κ3) is 3.82. The molecule has 0 fully saturated rings.